The van der Waals surface area contributed by atoms with Gasteiger partial charge in [-0.2, -0.15) is 18.4 Å². The zero-order chi connectivity index (χ0) is 16.6. The fourth-order valence-electron chi connectivity index (χ4n) is 2.75. The molecule has 1 aliphatic heterocycles. The van der Waals surface area contributed by atoms with E-state index in [-0.39, 0.29) is 29.4 Å². The van der Waals surface area contributed by atoms with E-state index in [4.69, 9.17) is 11.6 Å². The third kappa shape index (κ3) is 3.24. The van der Waals surface area contributed by atoms with Crippen LogP contribution in [0.1, 0.15) is 18.4 Å². The Kier molecular flexibility index (Phi) is 4.13. The van der Waals surface area contributed by atoms with Gasteiger partial charge in [-0.25, -0.2) is 4.39 Å². The van der Waals surface area contributed by atoms with Crippen molar-refractivity contribution in [3.63, 3.8) is 0 Å². The van der Waals surface area contributed by atoms with Crippen LogP contribution in [0.3, 0.4) is 0 Å². The first kappa shape index (κ1) is 16.0. The minimum atomic E-state index is -4.20. The van der Waals surface area contributed by atoms with E-state index in [2.05, 4.69) is 20.6 Å². The molecular formula is C13H12ClF4N5. The molecule has 1 N–H and O–H groups in total. The SMILES string of the molecule is Fc1c(Cl)cc2c(c1-c1nn[nH]n1)N(CCCC(F)(F)F)CC2. The van der Waals surface area contributed by atoms with Crippen molar-refractivity contribution in [2.24, 2.45) is 0 Å². The number of nitrogens with one attached hydrogen (secondary N) is 1. The average molecular weight is 350 g/mol. The van der Waals surface area contributed by atoms with E-state index in [0.717, 1.165) is 5.56 Å². The van der Waals surface area contributed by atoms with Gasteiger partial charge in [-0.3, -0.25) is 0 Å². The molecule has 124 valence electrons. The quantitative estimate of drug-likeness (QED) is 0.860. The molecule has 0 saturated heterocycles. The lowest BCUT2D eigenvalue weighted by Crippen LogP contribution is -2.24. The molecule has 2 heterocycles. The summed E-state index contributed by atoms with van der Waals surface area (Å²) in [5.41, 5.74) is 1.34. The number of anilines is 1. The van der Waals surface area contributed by atoms with E-state index >= 15 is 0 Å². The maximum atomic E-state index is 14.4. The summed E-state index contributed by atoms with van der Waals surface area (Å²) in [7, 11) is 0. The molecule has 1 aromatic heterocycles. The molecule has 1 aromatic carbocycles. The number of rotatable bonds is 4. The van der Waals surface area contributed by atoms with Crippen LogP contribution in [0.15, 0.2) is 6.07 Å². The van der Waals surface area contributed by atoms with Gasteiger partial charge in [0.2, 0.25) is 5.82 Å². The largest absolute Gasteiger partial charge is 0.389 e. The van der Waals surface area contributed by atoms with Crippen LogP contribution in [0.4, 0.5) is 23.2 Å². The van der Waals surface area contributed by atoms with Crippen LogP contribution in [0, 0.1) is 5.82 Å². The highest BCUT2D eigenvalue weighted by atomic mass is 35.5. The first-order valence-electron chi connectivity index (χ1n) is 6.93. The van der Waals surface area contributed by atoms with Crippen molar-refractivity contribution in [1.29, 1.82) is 0 Å². The predicted octanol–water partition coefficient (Wildman–Crippen LogP) is 3.36. The summed E-state index contributed by atoms with van der Waals surface area (Å²) < 4.78 is 51.4. The monoisotopic (exact) mass is 349 g/mol. The van der Waals surface area contributed by atoms with Gasteiger partial charge in [0, 0.05) is 19.5 Å². The normalized spacial score (nSPS) is 14.4. The van der Waals surface area contributed by atoms with E-state index < -0.39 is 18.4 Å². The van der Waals surface area contributed by atoms with Crippen LogP contribution in [0.25, 0.3) is 11.4 Å². The third-order valence-electron chi connectivity index (χ3n) is 3.70. The minimum Gasteiger partial charge on any atom is -0.370 e. The molecule has 5 nitrogen and oxygen atoms in total. The highest BCUT2D eigenvalue weighted by Crippen LogP contribution is 2.41. The predicted molar refractivity (Wildman–Crippen MR) is 75.8 cm³/mol. The molecule has 2 aromatic rings. The molecule has 23 heavy (non-hydrogen) atoms. The average Bonchev–Trinajstić information content (AvgIpc) is 3.10. The number of alkyl halides is 3. The molecule has 1 aliphatic rings. The van der Waals surface area contributed by atoms with Gasteiger partial charge in [-0.05, 0) is 29.7 Å². The Morgan fingerprint density at radius 2 is 2.13 bits per heavy atom. The van der Waals surface area contributed by atoms with Gasteiger partial charge in [0.1, 0.15) is 0 Å². The molecule has 0 radical (unpaired) electrons. The zero-order valence-corrected chi connectivity index (χ0v) is 12.5. The van der Waals surface area contributed by atoms with Crippen LogP contribution in [0.5, 0.6) is 0 Å². The van der Waals surface area contributed by atoms with E-state index in [1.165, 1.54) is 6.07 Å². The van der Waals surface area contributed by atoms with E-state index in [1.54, 1.807) is 4.90 Å². The number of benzene rings is 1. The second-order valence-electron chi connectivity index (χ2n) is 5.25. The second-order valence-corrected chi connectivity index (χ2v) is 5.65. The molecule has 0 spiro atoms. The number of nitrogens with zero attached hydrogens (tertiary/aromatic N) is 4. The topological polar surface area (TPSA) is 57.7 Å². The first-order chi connectivity index (χ1) is 10.9. The zero-order valence-electron chi connectivity index (χ0n) is 11.8. The number of fused-ring (bicyclic) bond motifs is 1. The van der Waals surface area contributed by atoms with Gasteiger partial charge in [0.15, 0.2) is 5.82 Å². The summed E-state index contributed by atoms with van der Waals surface area (Å²) in [6, 6.07) is 1.50. The molecule has 0 saturated carbocycles. The van der Waals surface area contributed by atoms with Crippen molar-refractivity contribution in [3.05, 3.63) is 22.5 Å². The third-order valence-corrected chi connectivity index (χ3v) is 3.97. The van der Waals surface area contributed by atoms with Gasteiger partial charge >= 0.3 is 6.18 Å². The molecule has 0 aliphatic carbocycles. The molecule has 0 fully saturated rings. The molecule has 0 atom stereocenters. The van der Waals surface area contributed by atoms with E-state index in [9.17, 15) is 17.6 Å². The van der Waals surface area contributed by atoms with Gasteiger partial charge in [0.25, 0.3) is 0 Å². The van der Waals surface area contributed by atoms with Gasteiger partial charge in [-0.15, -0.1) is 10.2 Å². The second kappa shape index (κ2) is 5.95. The summed E-state index contributed by atoms with van der Waals surface area (Å²) >= 11 is 5.90. The molecule has 0 bridgehead atoms. The van der Waals surface area contributed by atoms with Crippen molar-refractivity contribution in [2.45, 2.75) is 25.4 Å². The Morgan fingerprint density at radius 1 is 1.35 bits per heavy atom. The summed E-state index contributed by atoms with van der Waals surface area (Å²) in [4.78, 5) is 1.71. The Hall–Kier alpha value is -1.90. The lowest BCUT2D eigenvalue weighted by atomic mass is 10.1. The summed E-state index contributed by atoms with van der Waals surface area (Å²) in [6.45, 7) is 0.663. The molecular weight excluding hydrogens is 338 g/mol. The van der Waals surface area contributed by atoms with Crippen molar-refractivity contribution < 1.29 is 17.6 Å². The van der Waals surface area contributed by atoms with Crippen molar-refractivity contribution >= 4 is 17.3 Å². The lowest BCUT2D eigenvalue weighted by molar-refractivity contribution is -0.135. The molecule has 3 rings (SSSR count). The maximum Gasteiger partial charge on any atom is 0.389 e. The van der Waals surface area contributed by atoms with Crippen LogP contribution in [0.2, 0.25) is 5.02 Å². The summed E-state index contributed by atoms with van der Waals surface area (Å²) in [5, 5.41) is 13.1. The van der Waals surface area contributed by atoms with Crippen molar-refractivity contribution in [3.8, 4) is 11.4 Å². The number of halogens is 5. The van der Waals surface area contributed by atoms with Crippen molar-refractivity contribution in [1.82, 2.24) is 20.6 Å². The van der Waals surface area contributed by atoms with Crippen LogP contribution in [-0.4, -0.2) is 39.9 Å². The Morgan fingerprint density at radius 3 is 2.78 bits per heavy atom. The van der Waals surface area contributed by atoms with Crippen LogP contribution >= 0.6 is 11.6 Å². The van der Waals surface area contributed by atoms with E-state index in [1.807, 2.05) is 0 Å². The first-order valence-corrected chi connectivity index (χ1v) is 7.31. The fraction of sp³-hybridized carbons (Fsp3) is 0.462. The number of aromatic nitrogens is 4. The molecule has 0 unspecified atom stereocenters. The fourth-order valence-corrected chi connectivity index (χ4v) is 2.98. The standard InChI is InChI=1S/C13H12ClF4N5/c14-8-6-7-2-5-23(4-1-3-13(16,17)18)11(7)9(10(8)15)12-19-21-22-20-12/h6H,1-5H2,(H,19,20,21,22). The number of H-pyrrole nitrogens is 1. The number of hydrogen-bond acceptors (Lipinski definition) is 4. The summed E-state index contributed by atoms with van der Waals surface area (Å²) in [5.74, 6) is -0.668. The van der Waals surface area contributed by atoms with Gasteiger partial charge < -0.3 is 4.90 Å². The Labute approximate surface area is 133 Å². The van der Waals surface area contributed by atoms with Gasteiger partial charge in [-0.1, -0.05) is 11.6 Å². The maximum absolute atomic E-state index is 14.4. The molecule has 0 amide bonds. The smallest absolute Gasteiger partial charge is 0.370 e. The Bertz CT molecular complexity index is 701. The minimum absolute atomic E-state index is 0.0315. The number of aromatic amines is 1. The highest BCUT2D eigenvalue weighted by Gasteiger charge is 2.31. The Balaban J connectivity index is 1.93. The van der Waals surface area contributed by atoms with Crippen LogP contribution < -0.4 is 4.90 Å². The lowest BCUT2D eigenvalue weighted by Gasteiger charge is -2.22. The summed E-state index contributed by atoms with van der Waals surface area (Å²) in [6.07, 6.45) is -4.58. The highest BCUT2D eigenvalue weighted by molar-refractivity contribution is 6.31. The number of tetrazole rings is 1. The molecule has 10 heteroatoms. The van der Waals surface area contributed by atoms with E-state index in [0.29, 0.717) is 18.7 Å². The van der Waals surface area contributed by atoms with Crippen molar-refractivity contribution in [2.75, 3.05) is 18.0 Å². The van der Waals surface area contributed by atoms with Crippen LogP contribution in [-0.2, 0) is 6.42 Å². The van der Waals surface area contributed by atoms with Gasteiger partial charge in [0.05, 0.1) is 16.3 Å². The number of hydrogen-bond donors (Lipinski definition) is 1.